The number of hydrogen-bond acceptors (Lipinski definition) is 7. The standard InChI is InChI=1S/C17H18N6O2S/c24-15(13-10-19-14-2-1-4-20-23(13)14)21-6-3-17(11-21)12-22(7-8-25-17)16-18-5-9-26-16/h1-2,4-5,9-10H,3,6-8,11-12H2. The van der Waals surface area contributed by atoms with E-state index in [4.69, 9.17) is 4.74 Å². The molecule has 3 aromatic rings. The van der Waals surface area contributed by atoms with Crippen LogP contribution in [0.5, 0.6) is 0 Å². The third kappa shape index (κ3) is 2.55. The van der Waals surface area contributed by atoms with Gasteiger partial charge in [0.25, 0.3) is 5.91 Å². The van der Waals surface area contributed by atoms with Crippen molar-refractivity contribution < 1.29 is 9.53 Å². The zero-order chi connectivity index (χ0) is 17.6. The van der Waals surface area contributed by atoms with Crippen LogP contribution in [0, 0.1) is 0 Å². The van der Waals surface area contributed by atoms with E-state index in [1.807, 2.05) is 28.6 Å². The summed E-state index contributed by atoms with van der Waals surface area (Å²) in [5.41, 5.74) is 0.840. The Morgan fingerprint density at radius 1 is 1.23 bits per heavy atom. The number of thiazole rings is 1. The molecule has 2 saturated heterocycles. The van der Waals surface area contributed by atoms with E-state index < -0.39 is 0 Å². The molecule has 134 valence electrons. The largest absolute Gasteiger partial charge is 0.369 e. The lowest BCUT2D eigenvalue weighted by molar-refractivity contribution is -0.0458. The third-order valence-corrected chi connectivity index (χ3v) is 5.87. The number of carbonyl (C=O) groups excluding carboxylic acids is 1. The van der Waals surface area contributed by atoms with Crippen molar-refractivity contribution in [1.29, 1.82) is 0 Å². The number of morpholine rings is 1. The van der Waals surface area contributed by atoms with Crippen molar-refractivity contribution in [1.82, 2.24) is 24.5 Å². The summed E-state index contributed by atoms with van der Waals surface area (Å²) in [6.45, 7) is 3.49. The maximum Gasteiger partial charge on any atom is 0.274 e. The number of likely N-dealkylation sites (tertiary alicyclic amines) is 1. The molecule has 0 N–H and O–H groups in total. The van der Waals surface area contributed by atoms with Crippen molar-refractivity contribution >= 4 is 28.0 Å². The van der Waals surface area contributed by atoms with Crippen LogP contribution in [0.25, 0.3) is 5.65 Å². The maximum atomic E-state index is 13.0. The van der Waals surface area contributed by atoms with Gasteiger partial charge in [-0.1, -0.05) is 0 Å². The van der Waals surface area contributed by atoms with Gasteiger partial charge < -0.3 is 14.5 Å². The van der Waals surface area contributed by atoms with Crippen LogP contribution in [0.15, 0.2) is 36.1 Å². The molecule has 2 aliphatic heterocycles. The summed E-state index contributed by atoms with van der Waals surface area (Å²) >= 11 is 1.64. The number of rotatable bonds is 2. The highest BCUT2D eigenvalue weighted by atomic mass is 32.1. The van der Waals surface area contributed by atoms with E-state index in [1.54, 1.807) is 28.2 Å². The predicted molar refractivity (Wildman–Crippen MR) is 96.5 cm³/mol. The lowest BCUT2D eigenvalue weighted by Crippen LogP contribution is -2.53. The minimum Gasteiger partial charge on any atom is -0.369 e. The van der Waals surface area contributed by atoms with Crippen molar-refractivity contribution in [3.63, 3.8) is 0 Å². The normalized spacial score (nSPS) is 23.2. The molecule has 5 rings (SSSR count). The Balaban J connectivity index is 1.36. The van der Waals surface area contributed by atoms with E-state index in [2.05, 4.69) is 20.0 Å². The summed E-state index contributed by atoms with van der Waals surface area (Å²) in [5.74, 6) is -0.0527. The Labute approximate surface area is 154 Å². The minimum absolute atomic E-state index is 0.0527. The zero-order valence-corrected chi connectivity index (χ0v) is 14.9. The first-order valence-corrected chi connectivity index (χ1v) is 9.49. The van der Waals surface area contributed by atoms with E-state index >= 15 is 0 Å². The molecule has 3 aromatic heterocycles. The summed E-state index contributed by atoms with van der Waals surface area (Å²) in [6.07, 6.45) is 5.90. The lowest BCUT2D eigenvalue weighted by Gasteiger charge is -2.40. The van der Waals surface area contributed by atoms with Gasteiger partial charge in [-0.05, 0) is 18.6 Å². The number of hydrogen-bond donors (Lipinski definition) is 0. The Kier molecular flexibility index (Phi) is 3.64. The van der Waals surface area contributed by atoms with Gasteiger partial charge in [-0.2, -0.15) is 5.10 Å². The predicted octanol–water partition coefficient (Wildman–Crippen LogP) is 1.31. The molecule has 1 atom stereocenters. The number of imidazole rings is 1. The van der Waals surface area contributed by atoms with E-state index in [-0.39, 0.29) is 11.5 Å². The van der Waals surface area contributed by atoms with Gasteiger partial charge in [0.15, 0.2) is 16.5 Å². The maximum absolute atomic E-state index is 13.0. The SMILES string of the molecule is O=C(c1cnc2cccnn12)N1CCC2(C1)CN(c1nccs1)CCO2. The number of amides is 1. The zero-order valence-electron chi connectivity index (χ0n) is 14.1. The van der Waals surface area contributed by atoms with Gasteiger partial charge in [0, 0.05) is 30.9 Å². The Hall–Kier alpha value is -2.52. The van der Waals surface area contributed by atoms with Gasteiger partial charge in [-0.15, -0.1) is 11.3 Å². The van der Waals surface area contributed by atoms with Gasteiger partial charge in [0.1, 0.15) is 5.60 Å². The Morgan fingerprint density at radius 3 is 3.08 bits per heavy atom. The molecule has 1 amide bonds. The van der Waals surface area contributed by atoms with Crippen molar-refractivity contribution in [3.8, 4) is 0 Å². The van der Waals surface area contributed by atoms with Gasteiger partial charge in [0.2, 0.25) is 0 Å². The molecule has 5 heterocycles. The second kappa shape index (κ2) is 6.03. The van der Waals surface area contributed by atoms with Crippen LogP contribution in [0.3, 0.4) is 0 Å². The number of ether oxygens (including phenoxy) is 1. The molecule has 8 nitrogen and oxygen atoms in total. The van der Waals surface area contributed by atoms with Crippen LogP contribution in [0.4, 0.5) is 5.13 Å². The third-order valence-electron chi connectivity index (χ3n) is 5.04. The van der Waals surface area contributed by atoms with Gasteiger partial charge in [-0.25, -0.2) is 14.5 Å². The van der Waals surface area contributed by atoms with E-state index in [9.17, 15) is 4.79 Å². The first-order chi connectivity index (χ1) is 12.7. The quantitative estimate of drug-likeness (QED) is 0.677. The molecule has 1 spiro atoms. The summed E-state index contributed by atoms with van der Waals surface area (Å²) in [5, 5.41) is 7.25. The van der Waals surface area contributed by atoms with Crippen molar-refractivity contribution in [2.24, 2.45) is 0 Å². The van der Waals surface area contributed by atoms with Crippen LogP contribution >= 0.6 is 11.3 Å². The van der Waals surface area contributed by atoms with Crippen LogP contribution in [0.1, 0.15) is 16.9 Å². The number of carbonyl (C=O) groups is 1. The minimum atomic E-state index is -0.326. The van der Waals surface area contributed by atoms with Crippen LogP contribution in [-0.2, 0) is 4.74 Å². The first kappa shape index (κ1) is 15.7. The number of nitrogens with zero attached hydrogens (tertiary/aromatic N) is 6. The van der Waals surface area contributed by atoms with Crippen LogP contribution in [0.2, 0.25) is 0 Å². The molecule has 26 heavy (non-hydrogen) atoms. The van der Waals surface area contributed by atoms with Crippen molar-refractivity contribution in [2.45, 2.75) is 12.0 Å². The summed E-state index contributed by atoms with van der Waals surface area (Å²) in [6, 6.07) is 3.65. The van der Waals surface area contributed by atoms with E-state index in [0.717, 1.165) is 24.6 Å². The Bertz CT molecular complexity index is 942. The van der Waals surface area contributed by atoms with Crippen LogP contribution in [-0.4, -0.2) is 68.8 Å². The summed E-state index contributed by atoms with van der Waals surface area (Å²) in [7, 11) is 0. The molecular weight excluding hydrogens is 352 g/mol. The molecule has 1 unspecified atom stereocenters. The van der Waals surface area contributed by atoms with Crippen LogP contribution < -0.4 is 4.90 Å². The molecule has 9 heteroatoms. The molecular formula is C17H18N6O2S. The number of anilines is 1. The molecule has 0 aliphatic carbocycles. The molecule has 2 fully saturated rings. The molecule has 0 radical (unpaired) electrons. The topological polar surface area (TPSA) is 75.9 Å². The summed E-state index contributed by atoms with van der Waals surface area (Å²) in [4.78, 5) is 25.8. The molecule has 0 aromatic carbocycles. The molecule has 0 saturated carbocycles. The molecule has 0 bridgehead atoms. The Morgan fingerprint density at radius 2 is 2.19 bits per heavy atom. The highest BCUT2D eigenvalue weighted by Crippen LogP contribution is 2.32. The summed E-state index contributed by atoms with van der Waals surface area (Å²) < 4.78 is 7.74. The monoisotopic (exact) mass is 370 g/mol. The number of aromatic nitrogens is 4. The van der Waals surface area contributed by atoms with Crippen molar-refractivity contribution in [2.75, 3.05) is 37.7 Å². The van der Waals surface area contributed by atoms with Gasteiger partial charge in [-0.3, -0.25) is 4.79 Å². The van der Waals surface area contributed by atoms with Gasteiger partial charge >= 0.3 is 0 Å². The second-order valence-corrected chi connectivity index (χ2v) is 7.55. The second-order valence-electron chi connectivity index (χ2n) is 6.68. The molecule has 2 aliphatic rings. The highest BCUT2D eigenvalue weighted by Gasteiger charge is 2.45. The van der Waals surface area contributed by atoms with Crippen molar-refractivity contribution in [3.05, 3.63) is 41.8 Å². The smallest absolute Gasteiger partial charge is 0.274 e. The van der Waals surface area contributed by atoms with E-state index in [0.29, 0.717) is 31.0 Å². The average Bonchev–Trinajstić information content (AvgIpc) is 3.41. The first-order valence-electron chi connectivity index (χ1n) is 8.61. The van der Waals surface area contributed by atoms with Gasteiger partial charge in [0.05, 0.1) is 25.9 Å². The lowest BCUT2D eigenvalue weighted by atomic mass is 10.0. The fourth-order valence-electron chi connectivity index (χ4n) is 3.78. The average molecular weight is 370 g/mol. The van der Waals surface area contributed by atoms with E-state index in [1.165, 1.54) is 0 Å². The highest BCUT2D eigenvalue weighted by molar-refractivity contribution is 7.13. The fourth-order valence-corrected chi connectivity index (χ4v) is 4.45. The number of fused-ring (bicyclic) bond motifs is 1. The fraction of sp³-hybridized carbons (Fsp3) is 0.412.